The van der Waals surface area contributed by atoms with Crippen LogP contribution in [0.1, 0.15) is 46.0 Å². The highest BCUT2D eigenvalue weighted by Crippen LogP contribution is 2.46. The smallest absolute Gasteiger partial charge is 0.000717 e. The van der Waals surface area contributed by atoms with Crippen LogP contribution in [0.4, 0.5) is 0 Å². The Bertz CT molecular complexity index is 193. The lowest BCUT2D eigenvalue weighted by atomic mass is 9.76. The van der Waals surface area contributed by atoms with E-state index in [1.807, 2.05) is 0 Å². The van der Waals surface area contributed by atoms with Crippen LogP contribution in [0.3, 0.4) is 0 Å². The quantitative estimate of drug-likeness (QED) is 0.773. The van der Waals surface area contributed by atoms with Crippen molar-refractivity contribution in [3.63, 3.8) is 0 Å². The standard InChI is InChI=1S/C13H25NS/c1-11(2)15-10-13(9-12-3-4-12)5-7-14-8-6-13/h11-12,14H,3-10H2,1-2H3. The van der Waals surface area contributed by atoms with Gasteiger partial charge in [-0.25, -0.2) is 0 Å². The predicted molar refractivity (Wildman–Crippen MR) is 69.5 cm³/mol. The summed E-state index contributed by atoms with van der Waals surface area (Å²) in [7, 11) is 0. The normalized spacial score (nSPS) is 25.8. The summed E-state index contributed by atoms with van der Waals surface area (Å²) in [6, 6.07) is 0. The highest BCUT2D eigenvalue weighted by molar-refractivity contribution is 7.99. The molecule has 15 heavy (non-hydrogen) atoms. The molecular formula is C13H25NS. The zero-order valence-electron chi connectivity index (χ0n) is 10.2. The Balaban J connectivity index is 1.87. The van der Waals surface area contributed by atoms with Gasteiger partial charge in [-0.15, -0.1) is 0 Å². The van der Waals surface area contributed by atoms with E-state index in [4.69, 9.17) is 0 Å². The fourth-order valence-electron chi connectivity index (χ4n) is 2.64. The van der Waals surface area contributed by atoms with E-state index in [0.29, 0.717) is 5.41 Å². The average molecular weight is 227 g/mol. The van der Waals surface area contributed by atoms with Crippen LogP contribution in [-0.4, -0.2) is 24.1 Å². The van der Waals surface area contributed by atoms with E-state index in [9.17, 15) is 0 Å². The van der Waals surface area contributed by atoms with Crippen molar-refractivity contribution in [3.05, 3.63) is 0 Å². The lowest BCUT2D eigenvalue weighted by Crippen LogP contribution is -2.39. The molecule has 0 aromatic carbocycles. The molecule has 1 aliphatic carbocycles. The number of rotatable bonds is 5. The van der Waals surface area contributed by atoms with Crippen molar-refractivity contribution in [2.24, 2.45) is 11.3 Å². The predicted octanol–water partition coefficient (Wildman–Crippen LogP) is 3.30. The summed E-state index contributed by atoms with van der Waals surface area (Å²) < 4.78 is 0. The van der Waals surface area contributed by atoms with Crippen LogP contribution in [-0.2, 0) is 0 Å². The molecule has 2 heteroatoms. The lowest BCUT2D eigenvalue weighted by Gasteiger charge is -2.38. The van der Waals surface area contributed by atoms with E-state index >= 15 is 0 Å². The Morgan fingerprint density at radius 2 is 1.93 bits per heavy atom. The molecule has 1 heterocycles. The van der Waals surface area contributed by atoms with Crippen molar-refractivity contribution in [2.45, 2.75) is 51.2 Å². The monoisotopic (exact) mass is 227 g/mol. The minimum Gasteiger partial charge on any atom is -0.317 e. The molecule has 0 radical (unpaired) electrons. The van der Waals surface area contributed by atoms with Crippen molar-refractivity contribution in [1.82, 2.24) is 5.32 Å². The molecule has 2 fully saturated rings. The Hall–Kier alpha value is 0.310. The minimum atomic E-state index is 0.696. The summed E-state index contributed by atoms with van der Waals surface area (Å²) in [6.07, 6.45) is 7.39. The van der Waals surface area contributed by atoms with Crippen LogP contribution in [0.25, 0.3) is 0 Å². The topological polar surface area (TPSA) is 12.0 Å². The maximum absolute atomic E-state index is 3.51. The third kappa shape index (κ3) is 3.67. The second kappa shape index (κ2) is 5.09. The van der Waals surface area contributed by atoms with Crippen molar-refractivity contribution in [3.8, 4) is 0 Å². The molecule has 1 nitrogen and oxygen atoms in total. The minimum absolute atomic E-state index is 0.696. The SMILES string of the molecule is CC(C)SCC1(CC2CC2)CCNCC1. The zero-order valence-corrected chi connectivity index (χ0v) is 11.0. The van der Waals surface area contributed by atoms with Crippen molar-refractivity contribution < 1.29 is 0 Å². The Morgan fingerprint density at radius 1 is 1.27 bits per heavy atom. The van der Waals surface area contributed by atoms with Gasteiger partial charge >= 0.3 is 0 Å². The van der Waals surface area contributed by atoms with E-state index < -0.39 is 0 Å². The van der Waals surface area contributed by atoms with Gasteiger partial charge in [0.2, 0.25) is 0 Å². The molecule has 1 saturated carbocycles. The van der Waals surface area contributed by atoms with Crippen LogP contribution in [0.15, 0.2) is 0 Å². The molecular weight excluding hydrogens is 202 g/mol. The van der Waals surface area contributed by atoms with Crippen LogP contribution in [0, 0.1) is 11.3 Å². The first-order valence-corrected chi connectivity index (χ1v) is 7.57. The summed E-state index contributed by atoms with van der Waals surface area (Å²) >= 11 is 2.18. The Morgan fingerprint density at radius 3 is 2.47 bits per heavy atom. The van der Waals surface area contributed by atoms with Crippen LogP contribution >= 0.6 is 11.8 Å². The first-order valence-electron chi connectivity index (χ1n) is 6.53. The van der Waals surface area contributed by atoms with Crippen molar-refractivity contribution in [1.29, 1.82) is 0 Å². The van der Waals surface area contributed by atoms with E-state index in [1.54, 1.807) is 0 Å². The van der Waals surface area contributed by atoms with E-state index in [-0.39, 0.29) is 0 Å². The van der Waals surface area contributed by atoms with Crippen LogP contribution < -0.4 is 5.32 Å². The second-order valence-electron chi connectivity index (χ2n) is 5.76. The molecule has 2 rings (SSSR count). The molecule has 0 aromatic heterocycles. The van der Waals surface area contributed by atoms with Crippen LogP contribution in [0.2, 0.25) is 0 Å². The van der Waals surface area contributed by atoms with Gasteiger partial charge in [-0.3, -0.25) is 0 Å². The summed E-state index contributed by atoms with van der Waals surface area (Å²) in [5.41, 5.74) is 0.696. The molecule has 1 N–H and O–H groups in total. The lowest BCUT2D eigenvalue weighted by molar-refractivity contribution is 0.207. The van der Waals surface area contributed by atoms with E-state index in [2.05, 4.69) is 30.9 Å². The fourth-order valence-corrected chi connectivity index (χ4v) is 3.74. The molecule has 1 aliphatic heterocycles. The van der Waals surface area contributed by atoms with Gasteiger partial charge in [-0.1, -0.05) is 26.7 Å². The molecule has 0 unspecified atom stereocenters. The van der Waals surface area contributed by atoms with Crippen LogP contribution in [0.5, 0.6) is 0 Å². The van der Waals surface area contributed by atoms with Gasteiger partial charge in [0.15, 0.2) is 0 Å². The zero-order chi connectivity index (χ0) is 10.7. The molecule has 2 aliphatic rings. The van der Waals surface area contributed by atoms with Crippen molar-refractivity contribution >= 4 is 11.8 Å². The van der Waals surface area contributed by atoms with Gasteiger partial charge < -0.3 is 5.32 Å². The third-order valence-electron chi connectivity index (χ3n) is 3.81. The highest BCUT2D eigenvalue weighted by Gasteiger charge is 2.37. The van der Waals surface area contributed by atoms with Gasteiger partial charge in [-0.05, 0) is 54.7 Å². The summed E-state index contributed by atoms with van der Waals surface area (Å²) in [5, 5.41) is 4.31. The van der Waals surface area contributed by atoms with Crippen molar-refractivity contribution in [2.75, 3.05) is 18.8 Å². The maximum atomic E-state index is 3.51. The number of piperidine rings is 1. The summed E-state index contributed by atoms with van der Waals surface area (Å²) in [5.74, 6) is 2.50. The van der Waals surface area contributed by atoms with E-state index in [1.165, 1.54) is 50.9 Å². The summed E-state index contributed by atoms with van der Waals surface area (Å²) in [6.45, 7) is 7.17. The molecule has 1 saturated heterocycles. The molecule has 0 bridgehead atoms. The Kier molecular flexibility index (Phi) is 4.00. The second-order valence-corrected chi connectivity index (χ2v) is 7.32. The third-order valence-corrected chi connectivity index (χ3v) is 5.25. The van der Waals surface area contributed by atoms with Gasteiger partial charge in [0.05, 0.1) is 0 Å². The maximum Gasteiger partial charge on any atom is -0.000717 e. The van der Waals surface area contributed by atoms with Gasteiger partial charge in [0, 0.05) is 0 Å². The molecule has 88 valence electrons. The highest BCUT2D eigenvalue weighted by atomic mass is 32.2. The van der Waals surface area contributed by atoms with E-state index in [0.717, 1.165) is 11.2 Å². The first kappa shape index (κ1) is 11.8. The number of hydrogen-bond donors (Lipinski definition) is 1. The number of nitrogens with one attached hydrogen (secondary N) is 1. The van der Waals surface area contributed by atoms with Gasteiger partial charge in [0.1, 0.15) is 0 Å². The Labute approximate surface area is 98.8 Å². The first-order chi connectivity index (χ1) is 7.20. The largest absolute Gasteiger partial charge is 0.317 e. The number of thioether (sulfide) groups is 1. The van der Waals surface area contributed by atoms with Gasteiger partial charge in [-0.2, -0.15) is 11.8 Å². The molecule has 0 amide bonds. The number of hydrogen-bond acceptors (Lipinski definition) is 2. The molecule has 0 aromatic rings. The van der Waals surface area contributed by atoms with Gasteiger partial charge in [0.25, 0.3) is 0 Å². The summed E-state index contributed by atoms with van der Waals surface area (Å²) in [4.78, 5) is 0. The molecule has 0 atom stereocenters. The fraction of sp³-hybridized carbons (Fsp3) is 1.00. The average Bonchev–Trinajstić information content (AvgIpc) is 3.00. The molecule has 0 spiro atoms.